The van der Waals surface area contributed by atoms with Crippen LogP contribution >= 0.6 is 0 Å². The predicted octanol–water partition coefficient (Wildman–Crippen LogP) is -1.20. The molecule has 0 aromatic rings. The summed E-state index contributed by atoms with van der Waals surface area (Å²) >= 11 is 0. The zero-order valence-corrected chi connectivity index (χ0v) is 14.0. The topological polar surface area (TPSA) is 156 Å². The van der Waals surface area contributed by atoms with E-state index in [9.17, 15) is 24.3 Å². The number of nitrogens with two attached hydrogens (primary N) is 2. The molecular formula is C15H26N4O5. The predicted molar refractivity (Wildman–Crippen MR) is 85.5 cm³/mol. The highest BCUT2D eigenvalue weighted by Crippen LogP contribution is 2.21. The first kappa shape index (κ1) is 19.9. The molecule has 1 aliphatic rings. The number of carboxylic acid groups (broad SMARTS) is 1. The van der Waals surface area contributed by atoms with Gasteiger partial charge in [0.2, 0.25) is 17.7 Å². The van der Waals surface area contributed by atoms with Crippen molar-refractivity contribution in [2.24, 2.45) is 17.4 Å². The lowest BCUT2D eigenvalue weighted by Crippen LogP contribution is -2.57. The maximum atomic E-state index is 12.8. The molecule has 1 rings (SSSR count). The molecule has 1 heterocycles. The van der Waals surface area contributed by atoms with Gasteiger partial charge in [0.1, 0.15) is 12.1 Å². The van der Waals surface area contributed by atoms with E-state index in [2.05, 4.69) is 5.32 Å². The maximum Gasteiger partial charge on any atom is 0.326 e. The molecule has 4 unspecified atom stereocenters. The molecule has 1 fully saturated rings. The van der Waals surface area contributed by atoms with Crippen LogP contribution < -0.4 is 16.8 Å². The second-order valence-electron chi connectivity index (χ2n) is 6.18. The number of carbonyl (C=O) groups excluding carboxylic acids is 3. The third kappa shape index (κ3) is 4.92. The van der Waals surface area contributed by atoms with Crippen LogP contribution in [0.5, 0.6) is 0 Å². The summed E-state index contributed by atoms with van der Waals surface area (Å²) in [4.78, 5) is 48.3. The minimum absolute atomic E-state index is 0.211. The number of rotatable bonds is 8. The van der Waals surface area contributed by atoms with Crippen molar-refractivity contribution in [3.63, 3.8) is 0 Å². The Morgan fingerprint density at radius 1 is 1.33 bits per heavy atom. The van der Waals surface area contributed by atoms with Gasteiger partial charge in [-0.05, 0) is 18.8 Å². The quantitative estimate of drug-likeness (QED) is 0.434. The molecule has 0 bridgehead atoms. The lowest BCUT2D eigenvalue weighted by atomic mass is 9.96. The van der Waals surface area contributed by atoms with Crippen molar-refractivity contribution in [2.75, 3.05) is 6.54 Å². The summed E-state index contributed by atoms with van der Waals surface area (Å²) in [6.45, 7) is 3.99. The summed E-state index contributed by atoms with van der Waals surface area (Å²) in [5.41, 5.74) is 10.6. The molecule has 9 nitrogen and oxygen atoms in total. The minimum Gasteiger partial charge on any atom is -0.480 e. The summed E-state index contributed by atoms with van der Waals surface area (Å²) in [5.74, 6) is -3.07. The highest BCUT2D eigenvalue weighted by atomic mass is 16.4. The molecule has 0 aliphatic carbocycles. The van der Waals surface area contributed by atoms with Crippen molar-refractivity contribution in [1.82, 2.24) is 10.2 Å². The number of likely N-dealkylation sites (tertiary alicyclic amines) is 1. The third-order valence-corrected chi connectivity index (χ3v) is 4.36. The second kappa shape index (κ2) is 8.62. The van der Waals surface area contributed by atoms with Crippen LogP contribution in [-0.4, -0.2) is 58.4 Å². The Bertz CT molecular complexity index is 510. The Morgan fingerprint density at radius 2 is 1.96 bits per heavy atom. The Balaban J connectivity index is 2.88. The number of nitrogens with zero attached hydrogens (tertiary/aromatic N) is 1. The van der Waals surface area contributed by atoms with Crippen molar-refractivity contribution in [3.05, 3.63) is 0 Å². The lowest BCUT2D eigenvalue weighted by Gasteiger charge is -2.31. The molecule has 1 saturated heterocycles. The molecule has 0 spiro atoms. The van der Waals surface area contributed by atoms with Gasteiger partial charge < -0.3 is 26.8 Å². The van der Waals surface area contributed by atoms with E-state index < -0.39 is 41.8 Å². The number of carboxylic acids is 1. The standard InChI is InChI=1S/C15H26N4O5/c1-3-8(2)12(18-13(21)9(16)7-11(17)20)14(22)19-6-4-5-10(19)15(23)24/h8-10,12H,3-7,16H2,1-2H3,(H2,17,20)(H,18,21)(H,23,24). The van der Waals surface area contributed by atoms with Crippen LogP contribution in [0.2, 0.25) is 0 Å². The monoisotopic (exact) mass is 342 g/mol. The number of nitrogens with one attached hydrogen (secondary N) is 1. The second-order valence-corrected chi connectivity index (χ2v) is 6.18. The van der Waals surface area contributed by atoms with E-state index in [0.29, 0.717) is 25.8 Å². The molecule has 0 radical (unpaired) electrons. The number of carbonyl (C=O) groups is 4. The third-order valence-electron chi connectivity index (χ3n) is 4.36. The van der Waals surface area contributed by atoms with Gasteiger partial charge >= 0.3 is 5.97 Å². The van der Waals surface area contributed by atoms with Crippen LogP contribution in [0.1, 0.15) is 39.5 Å². The van der Waals surface area contributed by atoms with Gasteiger partial charge in [-0.1, -0.05) is 20.3 Å². The molecule has 9 heteroatoms. The van der Waals surface area contributed by atoms with Crippen molar-refractivity contribution < 1.29 is 24.3 Å². The Kier molecular flexibility index (Phi) is 7.15. The van der Waals surface area contributed by atoms with Crippen LogP contribution in [0.15, 0.2) is 0 Å². The largest absolute Gasteiger partial charge is 0.480 e. The molecule has 0 aromatic heterocycles. The van der Waals surface area contributed by atoms with Crippen molar-refractivity contribution in [2.45, 2.75) is 57.7 Å². The first-order valence-electron chi connectivity index (χ1n) is 8.06. The molecule has 3 amide bonds. The van der Waals surface area contributed by atoms with E-state index in [4.69, 9.17) is 11.5 Å². The van der Waals surface area contributed by atoms with E-state index >= 15 is 0 Å². The average Bonchev–Trinajstić information content (AvgIpc) is 3.00. The van der Waals surface area contributed by atoms with E-state index in [1.165, 1.54) is 4.90 Å². The number of primary amides is 1. The van der Waals surface area contributed by atoms with E-state index in [0.717, 1.165) is 0 Å². The minimum atomic E-state index is -1.14. The summed E-state index contributed by atoms with van der Waals surface area (Å²) < 4.78 is 0. The fraction of sp³-hybridized carbons (Fsp3) is 0.733. The van der Waals surface area contributed by atoms with Gasteiger partial charge in [0.15, 0.2) is 0 Å². The maximum absolute atomic E-state index is 12.8. The summed E-state index contributed by atoms with van der Waals surface area (Å²) in [6, 6.07) is -2.91. The summed E-state index contributed by atoms with van der Waals surface area (Å²) in [7, 11) is 0. The van der Waals surface area contributed by atoms with E-state index in [-0.39, 0.29) is 12.3 Å². The van der Waals surface area contributed by atoms with Crippen LogP contribution in [0.3, 0.4) is 0 Å². The van der Waals surface area contributed by atoms with Crippen LogP contribution in [0.25, 0.3) is 0 Å². The van der Waals surface area contributed by atoms with Crippen LogP contribution in [0.4, 0.5) is 0 Å². The normalized spacial score (nSPS) is 21.0. The molecule has 24 heavy (non-hydrogen) atoms. The average molecular weight is 342 g/mol. The Labute approximate surface area is 140 Å². The molecule has 136 valence electrons. The smallest absolute Gasteiger partial charge is 0.326 e. The molecule has 4 atom stereocenters. The lowest BCUT2D eigenvalue weighted by molar-refractivity contribution is -0.150. The number of aliphatic carboxylic acids is 1. The van der Waals surface area contributed by atoms with Crippen LogP contribution in [-0.2, 0) is 19.2 Å². The first-order valence-corrected chi connectivity index (χ1v) is 8.06. The zero-order chi connectivity index (χ0) is 18.4. The highest BCUT2D eigenvalue weighted by Gasteiger charge is 2.39. The highest BCUT2D eigenvalue weighted by molar-refractivity contribution is 5.93. The molecule has 0 saturated carbocycles. The SMILES string of the molecule is CCC(C)C(NC(=O)C(N)CC(N)=O)C(=O)N1CCCC1C(=O)O. The molecule has 0 aromatic carbocycles. The molecular weight excluding hydrogens is 316 g/mol. The molecule has 6 N–H and O–H groups in total. The van der Waals surface area contributed by atoms with Gasteiger partial charge in [0, 0.05) is 6.54 Å². The zero-order valence-electron chi connectivity index (χ0n) is 14.0. The van der Waals surface area contributed by atoms with Gasteiger partial charge in [-0.25, -0.2) is 4.79 Å². The van der Waals surface area contributed by atoms with Gasteiger partial charge in [-0.2, -0.15) is 0 Å². The number of hydrogen-bond acceptors (Lipinski definition) is 5. The van der Waals surface area contributed by atoms with Crippen molar-refractivity contribution in [3.8, 4) is 0 Å². The number of amides is 3. The Hall–Kier alpha value is -2.16. The van der Waals surface area contributed by atoms with Gasteiger partial charge in [0.05, 0.1) is 12.5 Å². The van der Waals surface area contributed by atoms with Crippen molar-refractivity contribution >= 4 is 23.7 Å². The first-order chi connectivity index (χ1) is 11.2. The van der Waals surface area contributed by atoms with Crippen molar-refractivity contribution in [1.29, 1.82) is 0 Å². The van der Waals surface area contributed by atoms with E-state index in [1.54, 1.807) is 6.92 Å². The molecule has 1 aliphatic heterocycles. The van der Waals surface area contributed by atoms with Gasteiger partial charge in [-0.3, -0.25) is 14.4 Å². The summed E-state index contributed by atoms with van der Waals surface area (Å²) in [6.07, 6.45) is 1.27. The van der Waals surface area contributed by atoms with Crippen LogP contribution in [0, 0.1) is 5.92 Å². The van der Waals surface area contributed by atoms with Gasteiger partial charge in [0.25, 0.3) is 0 Å². The van der Waals surface area contributed by atoms with E-state index in [1.807, 2.05) is 6.92 Å². The fourth-order valence-electron chi connectivity index (χ4n) is 2.72. The number of hydrogen-bond donors (Lipinski definition) is 4. The fourth-order valence-corrected chi connectivity index (χ4v) is 2.72. The van der Waals surface area contributed by atoms with Gasteiger partial charge in [-0.15, -0.1) is 0 Å². The summed E-state index contributed by atoms with van der Waals surface area (Å²) in [5, 5.41) is 11.8. The Morgan fingerprint density at radius 3 is 2.46 bits per heavy atom.